The molecule has 1 heterocycles. The number of hydrogen-bond donors (Lipinski definition) is 1. The van der Waals surface area contributed by atoms with Gasteiger partial charge >= 0.3 is 0 Å². The lowest BCUT2D eigenvalue weighted by molar-refractivity contribution is 0.403. The maximum atomic E-state index is 11.4. The van der Waals surface area contributed by atoms with Crippen LogP contribution in [0.5, 0.6) is 5.75 Å². The zero-order valence-corrected chi connectivity index (χ0v) is 12.9. The van der Waals surface area contributed by atoms with E-state index < -0.39 is 9.84 Å². The monoisotopic (exact) mass is 297 g/mol. The van der Waals surface area contributed by atoms with Crippen LogP contribution in [0.4, 0.5) is 0 Å². The van der Waals surface area contributed by atoms with E-state index in [9.17, 15) is 8.42 Å². The molecule has 0 saturated carbocycles. The number of ether oxygens (including phenoxy) is 1. The first kappa shape index (κ1) is 15.3. The molecule has 4 nitrogen and oxygen atoms in total. The maximum Gasteiger partial charge on any atom is 0.150 e. The van der Waals surface area contributed by atoms with E-state index in [0.717, 1.165) is 25.1 Å². The molecule has 1 aromatic carbocycles. The number of hydrogen-bond acceptors (Lipinski definition) is 4. The highest BCUT2D eigenvalue weighted by Crippen LogP contribution is 2.20. The minimum Gasteiger partial charge on any atom is -0.496 e. The highest BCUT2D eigenvalue weighted by atomic mass is 32.2. The average Bonchev–Trinajstić information content (AvgIpc) is 2.77. The second-order valence-corrected chi connectivity index (χ2v) is 7.82. The van der Waals surface area contributed by atoms with Crippen LogP contribution < -0.4 is 10.1 Å². The van der Waals surface area contributed by atoms with E-state index in [-0.39, 0.29) is 5.92 Å². The zero-order valence-electron chi connectivity index (χ0n) is 12.1. The molecule has 2 rings (SSSR count). The molecule has 1 aromatic rings. The van der Waals surface area contributed by atoms with Crippen LogP contribution in [0.1, 0.15) is 18.9 Å². The highest BCUT2D eigenvalue weighted by molar-refractivity contribution is 7.91. The van der Waals surface area contributed by atoms with Crippen molar-refractivity contribution in [3.8, 4) is 5.75 Å². The first-order valence-corrected chi connectivity index (χ1v) is 8.88. The number of benzene rings is 1. The van der Waals surface area contributed by atoms with Crippen molar-refractivity contribution in [1.29, 1.82) is 0 Å². The van der Waals surface area contributed by atoms with Crippen molar-refractivity contribution in [2.24, 2.45) is 5.92 Å². The van der Waals surface area contributed by atoms with Crippen LogP contribution in [0.2, 0.25) is 0 Å². The lowest BCUT2D eigenvalue weighted by Gasteiger charge is -2.18. The molecule has 2 unspecified atom stereocenters. The summed E-state index contributed by atoms with van der Waals surface area (Å²) < 4.78 is 28.2. The fourth-order valence-corrected chi connectivity index (χ4v) is 4.54. The summed E-state index contributed by atoms with van der Waals surface area (Å²) in [5.74, 6) is 1.85. The average molecular weight is 297 g/mol. The van der Waals surface area contributed by atoms with Crippen molar-refractivity contribution < 1.29 is 13.2 Å². The minimum absolute atomic E-state index is 0.264. The molecule has 112 valence electrons. The van der Waals surface area contributed by atoms with Gasteiger partial charge in [-0.25, -0.2) is 8.42 Å². The van der Waals surface area contributed by atoms with E-state index in [1.54, 1.807) is 7.11 Å². The molecule has 0 aliphatic carbocycles. The van der Waals surface area contributed by atoms with Gasteiger partial charge in [0.25, 0.3) is 0 Å². The van der Waals surface area contributed by atoms with Crippen molar-refractivity contribution in [3.05, 3.63) is 29.8 Å². The maximum absolute atomic E-state index is 11.4. The van der Waals surface area contributed by atoms with Gasteiger partial charge in [0.05, 0.1) is 18.6 Å². The quantitative estimate of drug-likeness (QED) is 0.867. The van der Waals surface area contributed by atoms with Gasteiger partial charge < -0.3 is 10.1 Å². The van der Waals surface area contributed by atoms with Crippen LogP contribution in [0, 0.1) is 5.92 Å². The lowest BCUT2D eigenvalue weighted by Crippen LogP contribution is -2.33. The molecule has 0 spiro atoms. The normalized spacial score (nSPS) is 22.6. The fourth-order valence-electron chi connectivity index (χ4n) is 2.67. The topological polar surface area (TPSA) is 55.4 Å². The van der Waals surface area contributed by atoms with Crippen LogP contribution in [0.3, 0.4) is 0 Å². The molecule has 1 fully saturated rings. The number of para-hydroxylation sites is 1. The summed E-state index contributed by atoms with van der Waals surface area (Å²) in [6, 6.07) is 8.30. The Morgan fingerprint density at radius 2 is 2.15 bits per heavy atom. The summed E-state index contributed by atoms with van der Waals surface area (Å²) in [5, 5.41) is 3.44. The van der Waals surface area contributed by atoms with Gasteiger partial charge in [-0.05, 0) is 43.9 Å². The molecular formula is C15H23NO3S. The first-order chi connectivity index (χ1) is 9.50. The largest absolute Gasteiger partial charge is 0.496 e. The van der Waals surface area contributed by atoms with Gasteiger partial charge in [0.15, 0.2) is 9.84 Å². The predicted octanol–water partition coefficient (Wildman–Crippen LogP) is 1.65. The van der Waals surface area contributed by atoms with Gasteiger partial charge in [-0.1, -0.05) is 18.2 Å². The Labute approximate surface area is 121 Å². The predicted molar refractivity (Wildman–Crippen MR) is 80.9 cm³/mol. The summed E-state index contributed by atoms with van der Waals surface area (Å²) >= 11 is 0. The fraction of sp³-hybridized carbons (Fsp3) is 0.600. The molecular weight excluding hydrogens is 274 g/mol. The standard InChI is InChI=1S/C15H23NO3S/c1-12(9-14-5-3-4-6-15(14)19-2)16-10-13-7-8-20(17,18)11-13/h3-6,12-13,16H,7-11H2,1-2H3. The highest BCUT2D eigenvalue weighted by Gasteiger charge is 2.27. The summed E-state index contributed by atoms with van der Waals surface area (Å²) in [7, 11) is -1.09. The van der Waals surface area contributed by atoms with Crippen molar-refractivity contribution >= 4 is 9.84 Å². The lowest BCUT2D eigenvalue weighted by atomic mass is 10.0. The Kier molecular flexibility index (Phi) is 5.05. The van der Waals surface area contributed by atoms with Crippen molar-refractivity contribution in [1.82, 2.24) is 5.32 Å². The third-order valence-corrected chi connectivity index (χ3v) is 5.64. The zero-order chi connectivity index (χ0) is 14.6. The number of methoxy groups -OCH3 is 1. The molecule has 5 heteroatoms. The van der Waals surface area contributed by atoms with Crippen molar-refractivity contribution in [3.63, 3.8) is 0 Å². The minimum atomic E-state index is -2.77. The second-order valence-electron chi connectivity index (χ2n) is 5.59. The molecule has 1 saturated heterocycles. The van der Waals surface area contributed by atoms with Crippen LogP contribution in [-0.2, 0) is 16.3 Å². The summed E-state index contributed by atoms with van der Waals surface area (Å²) in [5.41, 5.74) is 1.18. The smallest absolute Gasteiger partial charge is 0.150 e. The van der Waals surface area contributed by atoms with E-state index in [1.165, 1.54) is 5.56 Å². The molecule has 0 bridgehead atoms. The third kappa shape index (κ3) is 4.21. The van der Waals surface area contributed by atoms with E-state index in [2.05, 4.69) is 18.3 Å². The van der Waals surface area contributed by atoms with E-state index in [0.29, 0.717) is 17.5 Å². The molecule has 1 N–H and O–H groups in total. The van der Waals surface area contributed by atoms with Crippen LogP contribution in [0.15, 0.2) is 24.3 Å². The van der Waals surface area contributed by atoms with Crippen LogP contribution in [-0.4, -0.2) is 39.6 Å². The van der Waals surface area contributed by atoms with Gasteiger partial charge in [-0.3, -0.25) is 0 Å². The SMILES string of the molecule is COc1ccccc1CC(C)NCC1CCS(=O)(=O)C1. The number of rotatable bonds is 6. The number of sulfone groups is 1. The number of nitrogens with one attached hydrogen (secondary N) is 1. The summed E-state index contributed by atoms with van der Waals surface area (Å²) in [6.07, 6.45) is 1.67. The Morgan fingerprint density at radius 3 is 2.80 bits per heavy atom. The Morgan fingerprint density at radius 1 is 1.40 bits per heavy atom. The second kappa shape index (κ2) is 6.59. The molecule has 2 atom stereocenters. The molecule has 0 radical (unpaired) electrons. The summed E-state index contributed by atoms with van der Waals surface area (Å²) in [4.78, 5) is 0. The van der Waals surface area contributed by atoms with Crippen molar-refractivity contribution in [2.45, 2.75) is 25.8 Å². The van der Waals surface area contributed by atoms with Crippen LogP contribution >= 0.6 is 0 Å². The van der Waals surface area contributed by atoms with Crippen LogP contribution in [0.25, 0.3) is 0 Å². The molecule has 0 amide bonds. The molecule has 20 heavy (non-hydrogen) atoms. The van der Waals surface area contributed by atoms with Gasteiger partial charge in [0, 0.05) is 6.04 Å². The van der Waals surface area contributed by atoms with E-state index >= 15 is 0 Å². The van der Waals surface area contributed by atoms with Gasteiger partial charge in [0.2, 0.25) is 0 Å². The Hall–Kier alpha value is -1.07. The third-order valence-electron chi connectivity index (χ3n) is 3.80. The molecule has 0 aromatic heterocycles. The Bertz CT molecular complexity index is 542. The van der Waals surface area contributed by atoms with Crippen molar-refractivity contribution in [2.75, 3.05) is 25.2 Å². The molecule has 1 aliphatic rings. The molecule has 1 aliphatic heterocycles. The summed E-state index contributed by atoms with van der Waals surface area (Å²) in [6.45, 7) is 2.89. The first-order valence-electron chi connectivity index (χ1n) is 7.06. The van der Waals surface area contributed by atoms with E-state index in [4.69, 9.17) is 4.74 Å². The Balaban J connectivity index is 1.82. The van der Waals surface area contributed by atoms with Gasteiger partial charge in [-0.2, -0.15) is 0 Å². The van der Waals surface area contributed by atoms with E-state index in [1.807, 2.05) is 18.2 Å². The van der Waals surface area contributed by atoms with Gasteiger partial charge in [-0.15, -0.1) is 0 Å². The van der Waals surface area contributed by atoms with Gasteiger partial charge in [0.1, 0.15) is 5.75 Å².